The van der Waals surface area contributed by atoms with Gasteiger partial charge in [-0.05, 0) is 23.8 Å². The van der Waals surface area contributed by atoms with E-state index in [0.29, 0.717) is 17.8 Å². The van der Waals surface area contributed by atoms with Gasteiger partial charge in [0.1, 0.15) is 11.6 Å². The standard InChI is InChI=1S/C14H10FN3O2/c15-10-3-1-2-9(6-10)7-14-16-12-5-4-11(18(19)20)8-13(12)17-14/h1-6,8H,7H2,(H,16,17). The molecule has 3 aromatic rings. The molecule has 1 N–H and O–H groups in total. The van der Waals surface area contributed by atoms with Crippen LogP contribution in [0.1, 0.15) is 11.4 Å². The van der Waals surface area contributed by atoms with Gasteiger partial charge in [0.2, 0.25) is 0 Å². The molecular formula is C14H10FN3O2. The van der Waals surface area contributed by atoms with E-state index >= 15 is 0 Å². The summed E-state index contributed by atoms with van der Waals surface area (Å²) < 4.78 is 13.1. The first-order valence-electron chi connectivity index (χ1n) is 5.99. The number of hydrogen-bond donors (Lipinski definition) is 1. The van der Waals surface area contributed by atoms with Gasteiger partial charge in [-0.1, -0.05) is 12.1 Å². The average Bonchev–Trinajstić information content (AvgIpc) is 2.79. The van der Waals surface area contributed by atoms with Gasteiger partial charge in [0.25, 0.3) is 5.69 Å². The van der Waals surface area contributed by atoms with Crippen LogP contribution in [0, 0.1) is 15.9 Å². The summed E-state index contributed by atoms with van der Waals surface area (Å²) in [5.74, 6) is 0.348. The molecule has 0 aliphatic carbocycles. The van der Waals surface area contributed by atoms with Crippen LogP contribution in [0.2, 0.25) is 0 Å². The Morgan fingerprint density at radius 3 is 2.85 bits per heavy atom. The molecular weight excluding hydrogens is 261 g/mol. The van der Waals surface area contributed by atoms with E-state index < -0.39 is 4.92 Å². The largest absolute Gasteiger partial charge is 0.342 e. The Hall–Kier alpha value is -2.76. The highest BCUT2D eigenvalue weighted by molar-refractivity contribution is 5.77. The summed E-state index contributed by atoms with van der Waals surface area (Å²) in [5.41, 5.74) is 2.05. The van der Waals surface area contributed by atoms with Crippen molar-refractivity contribution in [2.24, 2.45) is 0 Å². The molecule has 0 saturated heterocycles. The molecule has 0 aliphatic heterocycles. The van der Waals surface area contributed by atoms with E-state index in [1.807, 2.05) is 0 Å². The van der Waals surface area contributed by atoms with E-state index in [-0.39, 0.29) is 11.5 Å². The summed E-state index contributed by atoms with van der Waals surface area (Å²) in [4.78, 5) is 17.6. The molecule has 3 rings (SSSR count). The lowest BCUT2D eigenvalue weighted by Gasteiger charge is -1.97. The van der Waals surface area contributed by atoms with Crippen molar-refractivity contribution in [3.8, 4) is 0 Å². The normalized spacial score (nSPS) is 10.8. The van der Waals surface area contributed by atoms with Crippen LogP contribution in [0.25, 0.3) is 11.0 Å². The van der Waals surface area contributed by atoms with E-state index in [4.69, 9.17) is 0 Å². The Morgan fingerprint density at radius 1 is 1.25 bits per heavy atom. The van der Waals surface area contributed by atoms with Crippen LogP contribution in [0.15, 0.2) is 42.5 Å². The maximum Gasteiger partial charge on any atom is 0.271 e. The molecule has 0 fully saturated rings. The topological polar surface area (TPSA) is 71.8 Å². The van der Waals surface area contributed by atoms with Gasteiger partial charge in [-0.2, -0.15) is 0 Å². The smallest absolute Gasteiger partial charge is 0.271 e. The number of halogens is 1. The zero-order valence-corrected chi connectivity index (χ0v) is 10.3. The second kappa shape index (κ2) is 4.73. The zero-order chi connectivity index (χ0) is 14.1. The van der Waals surface area contributed by atoms with Crippen LogP contribution < -0.4 is 0 Å². The quantitative estimate of drug-likeness (QED) is 0.587. The maximum atomic E-state index is 13.1. The Kier molecular flexibility index (Phi) is 2.90. The molecule has 0 radical (unpaired) electrons. The summed E-state index contributed by atoms with van der Waals surface area (Å²) in [6.45, 7) is 0. The number of H-pyrrole nitrogens is 1. The minimum absolute atomic E-state index is 0.00121. The number of nitrogens with zero attached hydrogens (tertiary/aromatic N) is 2. The summed E-state index contributed by atoms with van der Waals surface area (Å²) in [5, 5.41) is 10.7. The lowest BCUT2D eigenvalue weighted by molar-refractivity contribution is -0.384. The summed E-state index contributed by atoms with van der Waals surface area (Å²) in [6.07, 6.45) is 0.445. The van der Waals surface area contributed by atoms with Crippen LogP contribution >= 0.6 is 0 Å². The Labute approximate surface area is 113 Å². The van der Waals surface area contributed by atoms with Crippen LogP contribution in [-0.4, -0.2) is 14.9 Å². The number of benzene rings is 2. The number of nitrogens with one attached hydrogen (secondary N) is 1. The van der Waals surface area contributed by atoms with Crippen molar-refractivity contribution < 1.29 is 9.31 Å². The minimum Gasteiger partial charge on any atom is -0.342 e. The summed E-state index contributed by atoms with van der Waals surface area (Å²) >= 11 is 0. The molecule has 0 aliphatic rings. The summed E-state index contributed by atoms with van der Waals surface area (Å²) in [7, 11) is 0. The number of nitro benzene ring substituents is 1. The van der Waals surface area contributed by atoms with Gasteiger partial charge in [0, 0.05) is 18.6 Å². The van der Waals surface area contributed by atoms with Crippen molar-refractivity contribution in [3.63, 3.8) is 0 Å². The predicted octanol–water partition coefficient (Wildman–Crippen LogP) is 3.20. The predicted molar refractivity (Wildman–Crippen MR) is 72.0 cm³/mol. The van der Waals surface area contributed by atoms with Crippen molar-refractivity contribution in [2.75, 3.05) is 0 Å². The Balaban J connectivity index is 1.95. The van der Waals surface area contributed by atoms with E-state index in [0.717, 1.165) is 11.1 Å². The number of nitro groups is 1. The number of aromatic nitrogens is 2. The van der Waals surface area contributed by atoms with Crippen LogP contribution in [0.4, 0.5) is 10.1 Å². The molecule has 20 heavy (non-hydrogen) atoms. The molecule has 1 heterocycles. The third-order valence-corrected chi connectivity index (χ3v) is 2.99. The third kappa shape index (κ3) is 2.35. The molecule has 1 aromatic heterocycles. The molecule has 6 heteroatoms. The molecule has 0 bridgehead atoms. The van der Waals surface area contributed by atoms with Gasteiger partial charge in [0.05, 0.1) is 16.0 Å². The number of aromatic amines is 1. The fourth-order valence-electron chi connectivity index (χ4n) is 2.08. The summed E-state index contributed by atoms with van der Waals surface area (Å²) in [6, 6.07) is 10.7. The first kappa shape index (κ1) is 12.3. The molecule has 100 valence electrons. The molecule has 0 saturated carbocycles. The number of non-ortho nitro benzene ring substituents is 1. The highest BCUT2D eigenvalue weighted by Gasteiger charge is 2.10. The number of imidazole rings is 1. The van der Waals surface area contributed by atoms with Crippen molar-refractivity contribution >= 4 is 16.7 Å². The zero-order valence-electron chi connectivity index (χ0n) is 10.3. The monoisotopic (exact) mass is 271 g/mol. The average molecular weight is 271 g/mol. The molecule has 5 nitrogen and oxygen atoms in total. The molecule has 0 unspecified atom stereocenters. The molecule has 0 spiro atoms. The first-order chi connectivity index (χ1) is 9.61. The second-order valence-corrected chi connectivity index (χ2v) is 4.45. The Morgan fingerprint density at radius 2 is 2.10 bits per heavy atom. The Bertz CT molecular complexity index is 798. The first-order valence-corrected chi connectivity index (χ1v) is 5.99. The van der Waals surface area contributed by atoms with E-state index in [2.05, 4.69) is 9.97 Å². The molecule has 2 aromatic carbocycles. The van der Waals surface area contributed by atoms with E-state index in [1.54, 1.807) is 18.2 Å². The van der Waals surface area contributed by atoms with Crippen molar-refractivity contribution in [2.45, 2.75) is 6.42 Å². The molecule has 0 atom stereocenters. The van der Waals surface area contributed by atoms with Gasteiger partial charge >= 0.3 is 0 Å². The third-order valence-electron chi connectivity index (χ3n) is 2.99. The lowest BCUT2D eigenvalue weighted by Crippen LogP contribution is -1.91. The second-order valence-electron chi connectivity index (χ2n) is 4.45. The highest BCUT2D eigenvalue weighted by Crippen LogP contribution is 2.20. The van der Waals surface area contributed by atoms with Gasteiger partial charge in [-0.25, -0.2) is 9.37 Å². The highest BCUT2D eigenvalue weighted by atomic mass is 19.1. The number of fused-ring (bicyclic) bond motifs is 1. The van der Waals surface area contributed by atoms with Crippen molar-refractivity contribution in [1.29, 1.82) is 0 Å². The SMILES string of the molecule is O=[N+]([O-])c1ccc2[nH]c(Cc3cccc(F)c3)nc2c1. The van der Waals surface area contributed by atoms with E-state index in [9.17, 15) is 14.5 Å². The van der Waals surface area contributed by atoms with E-state index in [1.165, 1.54) is 24.3 Å². The number of hydrogen-bond acceptors (Lipinski definition) is 3. The van der Waals surface area contributed by atoms with Crippen molar-refractivity contribution in [1.82, 2.24) is 9.97 Å². The van der Waals surface area contributed by atoms with Gasteiger partial charge < -0.3 is 4.98 Å². The van der Waals surface area contributed by atoms with Gasteiger partial charge in [0.15, 0.2) is 0 Å². The van der Waals surface area contributed by atoms with Crippen molar-refractivity contribution in [3.05, 3.63) is 69.8 Å². The lowest BCUT2D eigenvalue weighted by atomic mass is 10.1. The number of rotatable bonds is 3. The fourth-order valence-corrected chi connectivity index (χ4v) is 2.08. The fraction of sp³-hybridized carbons (Fsp3) is 0.0714. The maximum absolute atomic E-state index is 13.1. The van der Waals surface area contributed by atoms with Gasteiger partial charge in [-0.15, -0.1) is 0 Å². The van der Waals surface area contributed by atoms with Crippen LogP contribution in [0.5, 0.6) is 0 Å². The van der Waals surface area contributed by atoms with Gasteiger partial charge in [-0.3, -0.25) is 10.1 Å². The van der Waals surface area contributed by atoms with Crippen LogP contribution in [0.3, 0.4) is 0 Å². The molecule has 0 amide bonds. The van der Waals surface area contributed by atoms with Crippen LogP contribution in [-0.2, 0) is 6.42 Å². The minimum atomic E-state index is -0.458.